The van der Waals surface area contributed by atoms with E-state index >= 15 is 0 Å². The lowest BCUT2D eigenvalue weighted by atomic mass is 10.2. The van der Waals surface area contributed by atoms with Gasteiger partial charge in [0.25, 0.3) is 0 Å². The Balaban J connectivity index is 2.70. The Morgan fingerprint density at radius 1 is 1.25 bits per heavy atom. The highest BCUT2D eigenvalue weighted by Gasteiger charge is 1.99. The van der Waals surface area contributed by atoms with Crippen LogP contribution < -0.4 is 0 Å². The third-order valence-corrected chi connectivity index (χ3v) is 1.86. The summed E-state index contributed by atoms with van der Waals surface area (Å²) in [5.74, 6) is 0. The molecule has 1 aromatic carbocycles. The molecule has 0 aliphatic carbocycles. The maximum atomic E-state index is 5.35. The highest BCUT2D eigenvalue weighted by atomic mass is 16.3. The molecule has 1 heterocycles. The first kappa shape index (κ1) is 7.17. The molecule has 2 aromatic rings. The van der Waals surface area contributed by atoms with Crippen LogP contribution in [0.5, 0.6) is 0 Å². The molecule has 0 aliphatic heterocycles. The normalized spacial score (nSPS) is 11.4. The summed E-state index contributed by atoms with van der Waals surface area (Å²) < 4.78 is 5.35. The van der Waals surface area contributed by atoms with Gasteiger partial charge in [-0.1, -0.05) is 30.4 Å². The number of hydrogen-bond acceptors (Lipinski definition) is 1. The van der Waals surface area contributed by atoms with E-state index < -0.39 is 0 Å². The number of rotatable bonds is 1. The average Bonchev–Trinajstić information content (AvgIpc) is 2.50. The van der Waals surface area contributed by atoms with Crippen LogP contribution in [0.4, 0.5) is 0 Å². The number of fused-ring (bicyclic) bond motifs is 1. The van der Waals surface area contributed by atoms with Gasteiger partial charge >= 0.3 is 0 Å². The maximum Gasteiger partial charge on any atom is 0.134 e. The Morgan fingerprint density at radius 2 is 2.08 bits per heavy atom. The molecule has 1 nitrogen and oxygen atoms in total. The second-order valence-electron chi connectivity index (χ2n) is 2.69. The zero-order valence-corrected chi connectivity index (χ0v) is 6.95. The largest absolute Gasteiger partial charge is 0.464 e. The summed E-state index contributed by atoms with van der Waals surface area (Å²) in [6.07, 6.45) is 5.84. The number of allylic oxidation sites excluding steroid dienone is 1. The van der Waals surface area contributed by atoms with Crippen molar-refractivity contribution in [2.24, 2.45) is 0 Å². The molecular weight excluding hydrogens is 148 g/mol. The standard InChI is InChI=1S/C11H10O/c1-2-5-9-8-12-11-7-4-3-6-10(9)11/h2-8H,1H3. The summed E-state index contributed by atoms with van der Waals surface area (Å²) in [4.78, 5) is 0. The zero-order chi connectivity index (χ0) is 8.39. The molecule has 0 amide bonds. The second-order valence-corrected chi connectivity index (χ2v) is 2.69. The van der Waals surface area contributed by atoms with Gasteiger partial charge in [0, 0.05) is 10.9 Å². The van der Waals surface area contributed by atoms with Gasteiger partial charge in [-0.15, -0.1) is 0 Å². The van der Waals surface area contributed by atoms with E-state index in [-0.39, 0.29) is 0 Å². The molecule has 2 rings (SSSR count). The first-order valence-electron chi connectivity index (χ1n) is 4.01. The predicted octanol–water partition coefficient (Wildman–Crippen LogP) is 3.47. The minimum absolute atomic E-state index is 0.950. The minimum atomic E-state index is 0.950. The molecule has 1 aromatic heterocycles. The molecule has 0 saturated carbocycles. The Bertz CT molecular complexity index is 410. The van der Waals surface area contributed by atoms with E-state index in [9.17, 15) is 0 Å². The average molecular weight is 158 g/mol. The fourth-order valence-corrected chi connectivity index (χ4v) is 1.31. The van der Waals surface area contributed by atoms with Crippen molar-refractivity contribution in [3.05, 3.63) is 42.2 Å². The van der Waals surface area contributed by atoms with Crippen LogP contribution in [0.25, 0.3) is 17.0 Å². The van der Waals surface area contributed by atoms with E-state index in [1.54, 1.807) is 6.26 Å². The van der Waals surface area contributed by atoms with E-state index in [1.165, 1.54) is 5.39 Å². The zero-order valence-electron chi connectivity index (χ0n) is 6.95. The van der Waals surface area contributed by atoms with Gasteiger partial charge in [-0.05, 0) is 13.0 Å². The molecular formula is C11H10O. The Morgan fingerprint density at radius 3 is 2.92 bits per heavy atom. The lowest BCUT2D eigenvalue weighted by molar-refractivity contribution is 0.615. The summed E-state index contributed by atoms with van der Waals surface area (Å²) in [5, 5.41) is 1.18. The van der Waals surface area contributed by atoms with Gasteiger partial charge in [0.1, 0.15) is 5.58 Å². The van der Waals surface area contributed by atoms with Gasteiger partial charge < -0.3 is 4.42 Å². The topological polar surface area (TPSA) is 13.1 Å². The predicted molar refractivity (Wildman–Crippen MR) is 50.9 cm³/mol. The molecule has 60 valence electrons. The summed E-state index contributed by atoms with van der Waals surface area (Å²) in [6.45, 7) is 2.00. The van der Waals surface area contributed by atoms with Gasteiger partial charge in [-0.2, -0.15) is 0 Å². The van der Waals surface area contributed by atoms with E-state index in [0.717, 1.165) is 11.1 Å². The molecule has 0 atom stereocenters. The lowest BCUT2D eigenvalue weighted by Gasteiger charge is -1.86. The minimum Gasteiger partial charge on any atom is -0.464 e. The molecule has 0 N–H and O–H groups in total. The molecule has 12 heavy (non-hydrogen) atoms. The molecule has 0 aliphatic rings. The van der Waals surface area contributed by atoms with Gasteiger partial charge in [0.05, 0.1) is 6.26 Å². The first-order valence-corrected chi connectivity index (χ1v) is 4.01. The molecule has 0 radical (unpaired) electrons. The van der Waals surface area contributed by atoms with Gasteiger partial charge in [-0.25, -0.2) is 0 Å². The molecule has 0 spiro atoms. The summed E-state index contributed by atoms with van der Waals surface area (Å²) in [7, 11) is 0. The lowest BCUT2D eigenvalue weighted by Crippen LogP contribution is -1.65. The van der Waals surface area contributed by atoms with Crippen LogP contribution in [-0.4, -0.2) is 0 Å². The van der Waals surface area contributed by atoms with E-state index in [2.05, 4.69) is 6.07 Å². The first-order chi connectivity index (χ1) is 5.92. The van der Waals surface area contributed by atoms with Gasteiger partial charge in [0.15, 0.2) is 0 Å². The highest BCUT2D eigenvalue weighted by Crippen LogP contribution is 2.21. The van der Waals surface area contributed by atoms with E-state index in [1.807, 2.05) is 37.3 Å². The van der Waals surface area contributed by atoms with Gasteiger partial charge in [0.2, 0.25) is 0 Å². The monoisotopic (exact) mass is 158 g/mol. The highest BCUT2D eigenvalue weighted by molar-refractivity contribution is 5.86. The third kappa shape index (κ3) is 1.03. The van der Waals surface area contributed by atoms with Crippen molar-refractivity contribution in [2.45, 2.75) is 6.92 Å². The molecule has 0 unspecified atom stereocenters. The second kappa shape index (κ2) is 2.86. The van der Waals surface area contributed by atoms with Crippen molar-refractivity contribution < 1.29 is 4.42 Å². The molecule has 1 heteroatoms. The quantitative estimate of drug-likeness (QED) is 0.619. The molecule has 0 saturated heterocycles. The smallest absolute Gasteiger partial charge is 0.134 e. The van der Waals surface area contributed by atoms with E-state index in [4.69, 9.17) is 4.42 Å². The summed E-state index contributed by atoms with van der Waals surface area (Å²) >= 11 is 0. The van der Waals surface area contributed by atoms with Crippen LogP contribution in [0.15, 0.2) is 41.0 Å². The molecule has 0 bridgehead atoms. The Hall–Kier alpha value is -1.50. The fraction of sp³-hybridized carbons (Fsp3) is 0.0909. The third-order valence-electron chi connectivity index (χ3n) is 1.86. The number of benzene rings is 1. The Labute approximate surface area is 71.3 Å². The summed E-state index contributed by atoms with van der Waals surface area (Å²) in [5.41, 5.74) is 2.10. The molecule has 0 fully saturated rings. The van der Waals surface area contributed by atoms with Crippen LogP contribution in [0.2, 0.25) is 0 Å². The van der Waals surface area contributed by atoms with Crippen molar-refractivity contribution in [3.63, 3.8) is 0 Å². The fourth-order valence-electron chi connectivity index (χ4n) is 1.31. The van der Waals surface area contributed by atoms with Crippen molar-refractivity contribution in [1.82, 2.24) is 0 Å². The van der Waals surface area contributed by atoms with Crippen LogP contribution in [0, 0.1) is 0 Å². The Kier molecular flexibility index (Phi) is 1.71. The van der Waals surface area contributed by atoms with Crippen molar-refractivity contribution >= 4 is 17.0 Å². The van der Waals surface area contributed by atoms with Crippen molar-refractivity contribution in [3.8, 4) is 0 Å². The van der Waals surface area contributed by atoms with Crippen molar-refractivity contribution in [2.75, 3.05) is 0 Å². The summed E-state index contributed by atoms with van der Waals surface area (Å²) in [6, 6.07) is 8.03. The van der Waals surface area contributed by atoms with Crippen molar-refractivity contribution in [1.29, 1.82) is 0 Å². The number of furan rings is 1. The number of para-hydroxylation sites is 1. The van der Waals surface area contributed by atoms with E-state index in [0.29, 0.717) is 0 Å². The van der Waals surface area contributed by atoms with Gasteiger partial charge in [-0.3, -0.25) is 0 Å². The van der Waals surface area contributed by atoms with Crippen LogP contribution in [-0.2, 0) is 0 Å². The number of hydrogen-bond donors (Lipinski definition) is 0. The maximum absolute atomic E-state index is 5.35. The SMILES string of the molecule is CC=Cc1coc2ccccc12. The van der Waals surface area contributed by atoms with Crippen LogP contribution >= 0.6 is 0 Å². The van der Waals surface area contributed by atoms with Crippen LogP contribution in [0.1, 0.15) is 12.5 Å². The van der Waals surface area contributed by atoms with Crippen LogP contribution in [0.3, 0.4) is 0 Å².